The molecule has 0 radical (unpaired) electrons. The highest BCUT2D eigenvalue weighted by atomic mass is 16.2. The molecular formula is C9H15NO. The average molecular weight is 153 g/mol. The maximum absolute atomic E-state index is 11.1. The lowest BCUT2D eigenvalue weighted by Gasteiger charge is -2.25. The van der Waals surface area contributed by atoms with Crippen molar-refractivity contribution in [1.29, 1.82) is 0 Å². The molecule has 2 fully saturated rings. The molecular weight excluding hydrogens is 138 g/mol. The molecule has 0 aromatic heterocycles. The highest BCUT2D eigenvalue weighted by Gasteiger charge is 2.44. The smallest absolute Gasteiger partial charge is 0.219 e. The summed E-state index contributed by atoms with van der Waals surface area (Å²) in [5.41, 5.74) is 0. The molecule has 2 bridgehead atoms. The highest BCUT2D eigenvalue weighted by Crippen LogP contribution is 2.42. The quantitative estimate of drug-likeness (QED) is 0.513. The van der Waals surface area contributed by atoms with Crippen LogP contribution < -0.4 is 0 Å². The molecule has 2 rings (SSSR count). The van der Waals surface area contributed by atoms with Crippen molar-refractivity contribution in [3.63, 3.8) is 0 Å². The van der Waals surface area contributed by atoms with Gasteiger partial charge in [0, 0.05) is 19.5 Å². The van der Waals surface area contributed by atoms with Crippen LogP contribution in [0.3, 0.4) is 0 Å². The Morgan fingerprint density at radius 2 is 2.18 bits per heavy atom. The molecule has 1 saturated heterocycles. The van der Waals surface area contributed by atoms with Gasteiger partial charge in [0.25, 0.3) is 0 Å². The predicted molar refractivity (Wildman–Crippen MR) is 43.1 cm³/mol. The van der Waals surface area contributed by atoms with Gasteiger partial charge in [0.15, 0.2) is 0 Å². The topological polar surface area (TPSA) is 20.3 Å². The summed E-state index contributed by atoms with van der Waals surface area (Å²) < 4.78 is 0. The molecule has 11 heavy (non-hydrogen) atoms. The molecule has 1 saturated carbocycles. The number of hydrogen-bond acceptors (Lipinski definition) is 1. The average Bonchev–Trinajstić information content (AvgIpc) is 2.46. The monoisotopic (exact) mass is 153 g/mol. The van der Waals surface area contributed by atoms with Crippen molar-refractivity contribution < 1.29 is 4.79 Å². The van der Waals surface area contributed by atoms with Gasteiger partial charge in [-0.05, 0) is 24.7 Å². The van der Waals surface area contributed by atoms with E-state index in [1.165, 1.54) is 12.8 Å². The van der Waals surface area contributed by atoms with E-state index in [1.807, 2.05) is 0 Å². The Kier molecular flexibility index (Phi) is 1.44. The number of carbonyl (C=O) groups excluding carboxylic acids is 1. The second kappa shape index (κ2) is 2.23. The number of hydrogen-bond donors (Lipinski definition) is 0. The van der Waals surface area contributed by atoms with Crippen LogP contribution in [0.2, 0.25) is 0 Å². The summed E-state index contributed by atoms with van der Waals surface area (Å²) in [6.07, 6.45) is 2.58. The molecule has 1 aliphatic carbocycles. The van der Waals surface area contributed by atoms with E-state index in [2.05, 4.69) is 11.8 Å². The zero-order chi connectivity index (χ0) is 8.01. The van der Waals surface area contributed by atoms with Crippen LogP contribution in [0.25, 0.3) is 0 Å². The van der Waals surface area contributed by atoms with E-state index in [0.717, 1.165) is 18.4 Å². The summed E-state index contributed by atoms with van der Waals surface area (Å²) in [5, 5.41) is 0. The molecule has 62 valence electrons. The van der Waals surface area contributed by atoms with Crippen molar-refractivity contribution in [3.8, 4) is 0 Å². The molecule has 3 unspecified atom stereocenters. The highest BCUT2D eigenvalue weighted by molar-refractivity contribution is 5.74. The molecule has 0 aromatic carbocycles. The fraction of sp³-hybridized carbons (Fsp3) is 0.889. The molecule has 1 aliphatic heterocycles. The van der Waals surface area contributed by atoms with Gasteiger partial charge in [0.2, 0.25) is 5.91 Å². The van der Waals surface area contributed by atoms with Crippen LogP contribution in [0.1, 0.15) is 26.7 Å². The van der Waals surface area contributed by atoms with Gasteiger partial charge in [0.05, 0.1) is 0 Å². The first-order valence-corrected chi connectivity index (χ1v) is 4.47. The van der Waals surface area contributed by atoms with E-state index in [9.17, 15) is 4.79 Å². The van der Waals surface area contributed by atoms with Gasteiger partial charge in [-0.1, -0.05) is 6.92 Å². The first kappa shape index (κ1) is 7.14. The molecule has 2 heteroatoms. The van der Waals surface area contributed by atoms with E-state index in [1.54, 1.807) is 6.92 Å². The van der Waals surface area contributed by atoms with Crippen LogP contribution in [0.15, 0.2) is 0 Å². The Morgan fingerprint density at radius 3 is 2.45 bits per heavy atom. The summed E-state index contributed by atoms with van der Waals surface area (Å²) >= 11 is 0. The van der Waals surface area contributed by atoms with E-state index in [-0.39, 0.29) is 5.91 Å². The van der Waals surface area contributed by atoms with E-state index >= 15 is 0 Å². The standard InChI is InChI=1S/C9H15NO/c1-6-8-3-4-9(6)10(5-8)7(2)11/h6,8-9H,3-5H2,1-2H3. The third-order valence-corrected chi connectivity index (χ3v) is 3.42. The molecule has 1 heterocycles. The van der Waals surface area contributed by atoms with E-state index < -0.39 is 0 Å². The van der Waals surface area contributed by atoms with Gasteiger partial charge >= 0.3 is 0 Å². The molecule has 1 amide bonds. The number of amides is 1. The van der Waals surface area contributed by atoms with Crippen molar-refractivity contribution in [2.75, 3.05) is 6.54 Å². The minimum absolute atomic E-state index is 0.268. The lowest BCUT2D eigenvalue weighted by atomic mass is 10.0. The van der Waals surface area contributed by atoms with Crippen molar-refractivity contribution in [1.82, 2.24) is 4.90 Å². The van der Waals surface area contributed by atoms with E-state index in [0.29, 0.717) is 6.04 Å². The van der Waals surface area contributed by atoms with Crippen molar-refractivity contribution in [2.45, 2.75) is 32.7 Å². The lowest BCUT2D eigenvalue weighted by molar-refractivity contribution is -0.130. The maximum atomic E-state index is 11.1. The molecule has 0 aromatic rings. The Hall–Kier alpha value is -0.530. The van der Waals surface area contributed by atoms with Gasteiger partial charge in [-0.2, -0.15) is 0 Å². The Labute approximate surface area is 67.6 Å². The van der Waals surface area contributed by atoms with E-state index in [4.69, 9.17) is 0 Å². The number of nitrogens with zero attached hydrogens (tertiary/aromatic N) is 1. The largest absolute Gasteiger partial charge is 0.339 e. The summed E-state index contributed by atoms with van der Waals surface area (Å²) in [5.74, 6) is 1.84. The zero-order valence-electron chi connectivity index (χ0n) is 7.21. The SMILES string of the molecule is CC(=O)N1CC2CCC1C2C. The summed E-state index contributed by atoms with van der Waals surface area (Å²) in [4.78, 5) is 13.2. The van der Waals surface area contributed by atoms with Crippen LogP contribution in [0, 0.1) is 11.8 Å². The van der Waals surface area contributed by atoms with Crippen LogP contribution in [0.4, 0.5) is 0 Å². The Bertz CT molecular complexity index is 190. The minimum atomic E-state index is 0.268. The van der Waals surface area contributed by atoms with Gasteiger partial charge in [0.1, 0.15) is 0 Å². The zero-order valence-corrected chi connectivity index (χ0v) is 7.21. The lowest BCUT2D eigenvalue weighted by Crippen LogP contribution is -2.36. The molecule has 2 aliphatic rings. The van der Waals surface area contributed by atoms with Crippen LogP contribution >= 0.6 is 0 Å². The van der Waals surface area contributed by atoms with Crippen molar-refractivity contribution in [2.24, 2.45) is 11.8 Å². The van der Waals surface area contributed by atoms with Crippen LogP contribution in [-0.2, 0) is 4.79 Å². The number of piperidine rings is 1. The van der Waals surface area contributed by atoms with Gasteiger partial charge in [-0.15, -0.1) is 0 Å². The second-order valence-corrected chi connectivity index (χ2v) is 3.94. The summed E-state index contributed by atoms with van der Waals surface area (Å²) in [6, 6.07) is 0.581. The molecule has 2 nitrogen and oxygen atoms in total. The molecule has 0 spiro atoms. The number of carbonyl (C=O) groups is 1. The van der Waals surface area contributed by atoms with Gasteiger partial charge < -0.3 is 4.90 Å². The number of likely N-dealkylation sites (tertiary alicyclic amines) is 1. The number of fused-ring (bicyclic) bond motifs is 2. The maximum Gasteiger partial charge on any atom is 0.219 e. The summed E-state index contributed by atoms with van der Waals surface area (Å²) in [7, 11) is 0. The minimum Gasteiger partial charge on any atom is -0.339 e. The van der Waals surface area contributed by atoms with Gasteiger partial charge in [-0.3, -0.25) is 4.79 Å². The van der Waals surface area contributed by atoms with Gasteiger partial charge in [-0.25, -0.2) is 0 Å². The first-order valence-electron chi connectivity index (χ1n) is 4.47. The van der Waals surface area contributed by atoms with Crippen LogP contribution in [0.5, 0.6) is 0 Å². The normalized spacial score (nSPS) is 41.6. The second-order valence-electron chi connectivity index (χ2n) is 3.94. The third kappa shape index (κ3) is 0.883. The number of rotatable bonds is 0. The fourth-order valence-electron chi connectivity index (χ4n) is 2.67. The van der Waals surface area contributed by atoms with Crippen LogP contribution in [-0.4, -0.2) is 23.4 Å². The third-order valence-electron chi connectivity index (χ3n) is 3.42. The van der Waals surface area contributed by atoms with Crippen molar-refractivity contribution >= 4 is 5.91 Å². The Balaban J connectivity index is 2.14. The predicted octanol–water partition coefficient (Wildman–Crippen LogP) is 1.26. The first-order chi connectivity index (χ1) is 5.20. The summed E-state index contributed by atoms with van der Waals surface area (Å²) in [6.45, 7) is 5.00. The fourth-order valence-corrected chi connectivity index (χ4v) is 2.67. The van der Waals surface area contributed by atoms with Crippen molar-refractivity contribution in [3.05, 3.63) is 0 Å². The molecule has 0 N–H and O–H groups in total. The molecule has 3 atom stereocenters. The Morgan fingerprint density at radius 1 is 1.45 bits per heavy atom.